The molecule has 1 N–H and O–H groups in total. The van der Waals surface area contributed by atoms with Crippen molar-refractivity contribution in [1.82, 2.24) is 4.98 Å². The van der Waals surface area contributed by atoms with Crippen LogP contribution in [0.25, 0.3) is 16.0 Å². The summed E-state index contributed by atoms with van der Waals surface area (Å²) >= 11 is 1.32. The predicted molar refractivity (Wildman–Crippen MR) is 175 cm³/mol. The minimum absolute atomic E-state index is 0.0751. The molecule has 0 spiro atoms. The van der Waals surface area contributed by atoms with E-state index in [0.29, 0.717) is 59.1 Å². The zero-order valence-corrected chi connectivity index (χ0v) is 26.2. The van der Waals surface area contributed by atoms with Gasteiger partial charge in [-0.2, -0.15) is 0 Å². The van der Waals surface area contributed by atoms with Crippen molar-refractivity contribution in [2.24, 2.45) is 0 Å². The van der Waals surface area contributed by atoms with E-state index in [2.05, 4.69) is 0 Å². The van der Waals surface area contributed by atoms with Gasteiger partial charge in [-0.05, 0) is 72.5 Å². The highest BCUT2D eigenvalue weighted by molar-refractivity contribution is 7.22. The summed E-state index contributed by atoms with van der Waals surface area (Å²) in [6, 6.07) is 22.9. The summed E-state index contributed by atoms with van der Waals surface area (Å²) in [6.07, 6.45) is 0. The molecule has 0 radical (unpaired) electrons. The normalized spacial score (nSPS) is 17.0. The number of carbonyl (C=O) groups is 2. The number of fused-ring (bicyclic) bond motifs is 2. The van der Waals surface area contributed by atoms with Crippen molar-refractivity contribution < 1.29 is 33.6 Å². The third-order valence-corrected chi connectivity index (χ3v) is 9.03. The first-order valence-corrected chi connectivity index (χ1v) is 15.6. The lowest BCUT2D eigenvalue weighted by molar-refractivity contribution is -0.132. The number of ketones is 1. The number of benzene rings is 4. The molecule has 232 valence electrons. The zero-order chi connectivity index (χ0) is 31.9. The number of methoxy groups -OCH3 is 1. The van der Waals surface area contributed by atoms with E-state index in [1.165, 1.54) is 23.3 Å². The van der Waals surface area contributed by atoms with E-state index in [4.69, 9.17) is 23.9 Å². The maximum absolute atomic E-state index is 13.9. The van der Waals surface area contributed by atoms with Gasteiger partial charge in [-0.15, -0.1) is 0 Å². The first-order chi connectivity index (χ1) is 22.3. The Hall–Kier alpha value is -5.35. The summed E-state index contributed by atoms with van der Waals surface area (Å²) < 4.78 is 24.0. The monoisotopic (exact) mass is 634 g/mol. The molecule has 1 amide bonds. The van der Waals surface area contributed by atoms with Gasteiger partial charge in [-0.1, -0.05) is 53.8 Å². The molecule has 0 saturated carbocycles. The van der Waals surface area contributed by atoms with Crippen LogP contribution in [0.3, 0.4) is 0 Å². The molecule has 1 saturated heterocycles. The van der Waals surface area contributed by atoms with Crippen molar-refractivity contribution in [2.75, 3.05) is 25.2 Å². The SMILES string of the molecule is COc1cc(C2C(=C(O)c3ccc4c(c3)OCCO4)C(=O)C(=O)N2c2nc3c(C)cc(C)cc3s2)ccc1OCc1ccccc1. The molecule has 1 aromatic heterocycles. The Morgan fingerprint density at radius 1 is 0.957 bits per heavy atom. The predicted octanol–water partition coefficient (Wildman–Crippen LogP) is 6.90. The minimum Gasteiger partial charge on any atom is -0.507 e. The number of aromatic nitrogens is 1. The minimum atomic E-state index is -1.01. The molecule has 4 aromatic carbocycles. The third-order valence-electron chi connectivity index (χ3n) is 8.03. The Labute approximate surface area is 269 Å². The van der Waals surface area contributed by atoms with Gasteiger partial charge in [0.15, 0.2) is 28.1 Å². The summed E-state index contributed by atoms with van der Waals surface area (Å²) in [7, 11) is 1.53. The second-order valence-corrected chi connectivity index (χ2v) is 12.1. The highest BCUT2D eigenvalue weighted by Crippen LogP contribution is 2.47. The number of aliphatic hydroxyl groups excluding tert-OH is 1. The van der Waals surface area contributed by atoms with Crippen molar-refractivity contribution in [3.8, 4) is 23.0 Å². The van der Waals surface area contributed by atoms with Crippen LogP contribution in [0.1, 0.15) is 33.9 Å². The molecule has 46 heavy (non-hydrogen) atoms. The standard InChI is InChI=1S/C36H30N2O7S/c1-20-15-21(2)31-29(16-20)46-36(37-31)38-32(23-9-11-25(27(17-23)42-3)45-19-22-7-5-4-6-8-22)30(34(40)35(38)41)33(39)24-10-12-26-28(18-24)44-14-13-43-26/h4-12,15-18,32,39H,13-14,19H2,1-3H3. The summed E-state index contributed by atoms with van der Waals surface area (Å²) in [5.74, 6) is -0.0670. The van der Waals surface area contributed by atoms with Crippen LogP contribution in [0, 0.1) is 13.8 Å². The lowest BCUT2D eigenvalue weighted by Crippen LogP contribution is -2.29. The molecule has 9 nitrogen and oxygen atoms in total. The molecule has 1 unspecified atom stereocenters. The Bertz CT molecular complexity index is 2040. The number of ether oxygens (including phenoxy) is 4. The number of aryl methyl sites for hydroxylation is 2. The average Bonchev–Trinajstić information content (AvgIpc) is 3.61. The Kier molecular flexibility index (Phi) is 7.58. The number of nitrogens with zero attached hydrogens (tertiary/aromatic N) is 2. The van der Waals surface area contributed by atoms with E-state index in [-0.39, 0.29) is 11.3 Å². The summed E-state index contributed by atoms with van der Waals surface area (Å²) in [4.78, 5) is 33.9. The van der Waals surface area contributed by atoms with Gasteiger partial charge < -0.3 is 24.1 Å². The van der Waals surface area contributed by atoms with Crippen molar-refractivity contribution in [1.29, 1.82) is 0 Å². The molecule has 0 bridgehead atoms. The van der Waals surface area contributed by atoms with Crippen molar-refractivity contribution in [3.63, 3.8) is 0 Å². The third kappa shape index (κ3) is 5.20. The number of carbonyl (C=O) groups excluding carboxylic acids is 2. The molecule has 5 aromatic rings. The number of hydrogen-bond acceptors (Lipinski definition) is 9. The molecular weight excluding hydrogens is 604 g/mol. The fraction of sp³-hybridized carbons (Fsp3) is 0.194. The van der Waals surface area contributed by atoms with E-state index in [1.807, 2.05) is 56.3 Å². The molecule has 1 fully saturated rings. The number of amides is 1. The maximum atomic E-state index is 13.9. The molecule has 10 heteroatoms. The van der Waals surface area contributed by atoms with Crippen molar-refractivity contribution in [3.05, 3.63) is 112 Å². The fourth-order valence-corrected chi connectivity index (χ4v) is 7.03. The van der Waals surface area contributed by atoms with E-state index in [1.54, 1.807) is 36.4 Å². The highest BCUT2D eigenvalue weighted by atomic mass is 32.1. The Balaban J connectivity index is 1.36. The van der Waals surface area contributed by atoms with Crippen LogP contribution < -0.4 is 23.8 Å². The summed E-state index contributed by atoms with van der Waals surface area (Å²) in [6.45, 7) is 5.06. The van der Waals surface area contributed by atoms with Crippen LogP contribution in [-0.4, -0.2) is 42.1 Å². The van der Waals surface area contributed by atoms with Crippen LogP contribution in [0.2, 0.25) is 0 Å². The molecule has 7 rings (SSSR count). The summed E-state index contributed by atoms with van der Waals surface area (Å²) in [5, 5.41) is 12.1. The molecule has 0 aliphatic carbocycles. The van der Waals surface area contributed by atoms with E-state index in [9.17, 15) is 14.7 Å². The summed E-state index contributed by atoms with van der Waals surface area (Å²) in [5.41, 5.74) is 4.54. The quantitative estimate of drug-likeness (QED) is 0.117. The number of Topliss-reactive ketones (excluding diaryl/α,β-unsaturated/α-hetero) is 1. The molecule has 2 aliphatic heterocycles. The maximum Gasteiger partial charge on any atom is 0.301 e. The van der Waals surface area contributed by atoms with Gasteiger partial charge in [-0.25, -0.2) is 4.98 Å². The Morgan fingerprint density at radius 2 is 1.74 bits per heavy atom. The smallest absolute Gasteiger partial charge is 0.301 e. The van der Waals surface area contributed by atoms with E-state index >= 15 is 0 Å². The van der Waals surface area contributed by atoms with Gasteiger partial charge in [0.05, 0.1) is 28.9 Å². The van der Waals surface area contributed by atoms with Crippen LogP contribution in [0.5, 0.6) is 23.0 Å². The van der Waals surface area contributed by atoms with E-state index < -0.39 is 17.7 Å². The zero-order valence-electron chi connectivity index (χ0n) is 25.4. The Morgan fingerprint density at radius 3 is 2.52 bits per heavy atom. The first kappa shape index (κ1) is 29.4. The van der Waals surface area contributed by atoms with Gasteiger partial charge in [0.2, 0.25) is 0 Å². The van der Waals surface area contributed by atoms with Gasteiger partial charge in [0.1, 0.15) is 25.6 Å². The number of rotatable bonds is 7. The lowest BCUT2D eigenvalue weighted by Gasteiger charge is -2.24. The van der Waals surface area contributed by atoms with Crippen molar-refractivity contribution >= 4 is 44.1 Å². The number of aliphatic hydroxyl groups is 1. The van der Waals surface area contributed by atoms with Crippen LogP contribution in [0.15, 0.2) is 84.4 Å². The fourth-order valence-electron chi connectivity index (χ4n) is 5.86. The van der Waals surface area contributed by atoms with Gasteiger partial charge in [0.25, 0.3) is 5.78 Å². The van der Waals surface area contributed by atoms with Crippen LogP contribution in [0.4, 0.5) is 5.13 Å². The molecule has 3 heterocycles. The number of anilines is 1. The lowest BCUT2D eigenvalue weighted by atomic mass is 9.95. The first-order valence-electron chi connectivity index (χ1n) is 14.8. The van der Waals surface area contributed by atoms with Gasteiger partial charge in [0, 0.05) is 5.56 Å². The molecule has 2 aliphatic rings. The van der Waals surface area contributed by atoms with Gasteiger partial charge in [-0.3, -0.25) is 14.5 Å². The number of thiazole rings is 1. The topological polar surface area (TPSA) is 107 Å². The largest absolute Gasteiger partial charge is 0.507 e. The van der Waals surface area contributed by atoms with Crippen LogP contribution in [-0.2, 0) is 16.2 Å². The molecular formula is C36H30N2O7S. The van der Waals surface area contributed by atoms with Crippen molar-refractivity contribution in [2.45, 2.75) is 26.5 Å². The van der Waals surface area contributed by atoms with E-state index in [0.717, 1.165) is 26.9 Å². The van der Waals surface area contributed by atoms with Crippen LogP contribution >= 0.6 is 11.3 Å². The van der Waals surface area contributed by atoms with Gasteiger partial charge >= 0.3 is 5.91 Å². The highest BCUT2D eigenvalue weighted by Gasteiger charge is 2.48. The molecule has 1 atom stereocenters. The second-order valence-electron chi connectivity index (χ2n) is 11.1. The number of hydrogen-bond donors (Lipinski definition) is 1. The average molecular weight is 635 g/mol. The second kappa shape index (κ2) is 11.9.